The van der Waals surface area contributed by atoms with Crippen molar-refractivity contribution in [2.75, 3.05) is 7.05 Å². The molecule has 2 aliphatic heterocycles. The lowest BCUT2D eigenvalue weighted by molar-refractivity contribution is -0.385. The molecule has 6 nitrogen and oxygen atoms in total. The zero-order valence-electron chi connectivity index (χ0n) is 13.4. The lowest BCUT2D eigenvalue weighted by atomic mass is 9.89. The predicted octanol–water partition coefficient (Wildman–Crippen LogP) is 2.47. The Morgan fingerprint density at radius 2 is 1.96 bits per heavy atom. The highest BCUT2D eigenvalue weighted by Crippen LogP contribution is 2.33. The monoisotopic (exact) mass is 317 g/mol. The van der Waals surface area contributed by atoms with Crippen molar-refractivity contribution in [1.82, 2.24) is 10.2 Å². The predicted molar refractivity (Wildman–Crippen MR) is 86.9 cm³/mol. The first kappa shape index (κ1) is 15.9. The van der Waals surface area contributed by atoms with E-state index < -0.39 is 4.92 Å². The van der Waals surface area contributed by atoms with Gasteiger partial charge in [0.25, 0.3) is 5.69 Å². The van der Waals surface area contributed by atoms with E-state index in [1.54, 1.807) is 30.1 Å². The molecule has 2 atom stereocenters. The minimum Gasteiger partial charge on any atom is -0.341 e. The van der Waals surface area contributed by atoms with Gasteiger partial charge in [0.05, 0.1) is 11.5 Å². The van der Waals surface area contributed by atoms with E-state index in [0.29, 0.717) is 30.0 Å². The summed E-state index contributed by atoms with van der Waals surface area (Å²) in [5.41, 5.74) is 0.658. The molecule has 1 aromatic rings. The summed E-state index contributed by atoms with van der Waals surface area (Å²) in [5.74, 6) is 0.518. The number of nitrogens with zero attached hydrogens (tertiary/aromatic N) is 2. The molecule has 0 radical (unpaired) electrons. The first-order valence-electron chi connectivity index (χ1n) is 8.25. The maximum absolute atomic E-state index is 12.5. The van der Waals surface area contributed by atoms with Crippen molar-refractivity contribution in [1.29, 1.82) is 0 Å². The molecule has 1 amide bonds. The van der Waals surface area contributed by atoms with Crippen LogP contribution >= 0.6 is 0 Å². The standard InChI is InChI=1S/C17H23N3O3/c1-19(11-13-4-2-3-5-16(13)20(22)23)17(21)10-12-8-14-6-7-15(9-12)18-14/h2-5,12,14-15,18H,6-11H2,1H3. The number of para-hydroxylation sites is 1. The Hall–Kier alpha value is -1.95. The van der Waals surface area contributed by atoms with Gasteiger partial charge in [-0.3, -0.25) is 14.9 Å². The number of carbonyl (C=O) groups excluding carboxylic acids is 1. The van der Waals surface area contributed by atoms with Gasteiger partial charge < -0.3 is 10.2 Å². The molecule has 0 aromatic heterocycles. The van der Waals surface area contributed by atoms with Gasteiger partial charge in [-0.2, -0.15) is 0 Å². The molecule has 2 unspecified atom stereocenters. The van der Waals surface area contributed by atoms with E-state index in [0.717, 1.165) is 12.8 Å². The van der Waals surface area contributed by atoms with Crippen molar-refractivity contribution in [2.45, 2.75) is 50.7 Å². The third-order valence-electron chi connectivity index (χ3n) is 5.06. The van der Waals surface area contributed by atoms with E-state index in [9.17, 15) is 14.9 Å². The van der Waals surface area contributed by atoms with Crippen molar-refractivity contribution >= 4 is 11.6 Å². The molecule has 6 heteroatoms. The van der Waals surface area contributed by atoms with Crippen LogP contribution in [-0.4, -0.2) is 34.9 Å². The molecule has 3 rings (SSSR count). The fraction of sp³-hybridized carbons (Fsp3) is 0.588. The number of amides is 1. The lowest BCUT2D eigenvalue weighted by Crippen LogP contribution is -2.39. The van der Waals surface area contributed by atoms with E-state index in [1.807, 2.05) is 0 Å². The Labute approximate surface area is 136 Å². The Morgan fingerprint density at radius 1 is 1.30 bits per heavy atom. The molecular formula is C17H23N3O3. The summed E-state index contributed by atoms with van der Waals surface area (Å²) in [5, 5.41) is 14.6. The molecule has 2 bridgehead atoms. The summed E-state index contributed by atoms with van der Waals surface area (Å²) in [6.45, 7) is 0.286. The molecule has 1 N–H and O–H groups in total. The fourth-order valence-electron chi connectivity index (χ4n) is 3.91. The number of rotatable bonds is 5. The molecule has 2 saturated heterocycles. The largest absolute Gasteiger partial charge is 0.341 e. The van der Waals surface area contributed by atoms with Gasteiger partial charge in [-0.15, -0.1) is 0 Å². The van der Waals surface area contributed by atoms with Crippen molar-refractivity contribution in [3.63, 3.8) is 0 Å². The maximum Gasteiger partial charge on any atom is 0.274 e. The van der Waals surface area contributed by atoms with Crippen LogP contribution in [0.15, 0.2) is 24.3 Å². The van der Waals surface area contributed by atoms with Crippen LogP contribution in [0.3, 0.4) is 0 Å². The molecule has 0 aliphatic carbocycles. The minimum atomic E-state index is -0.391. The van der Waals surface area contributed by atoms with Gasteiger partial charge in [0, 0.05) is 37.2 Å². The fourth-order valence-corrected chi connectivity index (χ4v) is 3.91. The quantitative estimate of drug-likeness (QED) is 0.668. The van der Waals surface area contributed by atoms with Gasteiger partial charge in [0.2, 0.25) is 5.91 Å². The Kier molecular flexibility index (Phi) is 4.61. The highest BCUT2D eigenvalue weighted by molar-refractivity contribution is 5.76. The van der Waals surface area contributed by atoms with E-state index in [1.165, 1.54) is 18.9 Å². The first-order valence-corrected chi connectivity index (χ1v) is 8.25. The number of nitro benzene ring substituents is 1. The van der Waals surface area contributed by atoms with Gasteiger partial charge in [0.1, 0.15) is 0 Å². The summed E-state index contributed by atoms with van der Waals surface area (Å²) in [6, 6.07) is 7.77. The molecule has 124 valence electrons. The summed E-state index contributed by atoms with van der Waals surface area (Å²) >= 11 is 0. The van der Waals surface area contributed by atoms with Gasteiger partial charge in [-0.05, 0) is 31.6 Å². The average Bonchev–Trinajstić information content (AvgIpc) is 2.86. The summed E-state index contributed by atoms with van der Waals surface area (Å²) in [7, 11) is 1.73. The zero-order valence-corrected chi connectivity index (χ0v) is 13.4. The number of carbonyl (C=O) groups is 1. The van der Waals surface area contributed by atoms with Crippen molar-refractivity contribution in [3.05, 3.63) is 39.9 Å². The second-order valence-electron chi connectivity index (χ2n) is 6.82. The van der Waals surface area contributed by atoms with E-state index in [-0.39, 0.29) is 18.1 Å². The molecule has 0 spiro atoms. The minimum absolute atomic E-state index is 0.0760. The van der Waals surface area contributed by atoms with Crippen molar-refractivity contribution in [2.24, 2.45) is 5.92 Å². The first-order chi connectivity index (χ1) is 11.0. The molecule has 23 heavy (non-hydrogen) atoms. The van der Waals surface area contributed by atoms with Crippen LogP contribution in [0.4, 0.5) is 5.69 Å². The Morgan fingerprint density at radius 3 is 2.61 bits per heavy atom. The number of piperidine rings is 1. The summed E-state index contributed by atoms with van der Waals surface area (Å²) in [4.78, 5) is 24.8. The number of hydrogen-bond acceptors (Lipinski definition) is 4. The number of hydrogen-bond donors (Lipinski definition) is 1. The van der Waals surface area contributed by atoms with Crippen molar-refractivity contribution < 1.29 is 9.72 Å². The topological polar surface area (TPSA) is 75.5 Å². The van der Waals surface area contributed by atoms with Crippen molar-refractivity contribution in [3.8, 4) is 0 Å². The van der Waals surface area contributed by atoms with Crippen LogP contribution < -0.4 is 5.32 Å². The van der Waals surface area contributed by atoms with Crippen LogP contribution in [0.2, 0.25) is 0 Å². The third kappa shape index (κ3) is 3.69. The second kappa shape index (κ2) is 6.66. The number of benzene rings is 1. The SMILES string of the molecule is CN(Cc1ccccc1[N+](=O)[O-])C(=O)CC1CC2CCC(C1)N2. The maximum atomic E-state index is 12.5. The third-order valence-corrected chi connectivity index (χ3v) is 5.06. The average molecular weight is 317 g/mol. The molecule has 2 fully saturated rings. The van der Waals surface area contributed by atoms with Crippen LogP contribution in [0.5, 0.6) is 0 Å². The Balaban J connectivity index is 1.59. The van der Waals surface area contributed by atoms with E-state index in [2.05, 4.69) is 5.32 Å². The normalized spacial score (nSPS) is 26.0. The van der Waals surface area contributed by atoms with Crippen LogP contribution in [0.25, 0.3) is 0 Å². The number of fused-ring (bicyclic) bond motifs is 2. The molecule has 2 aliphatic rings. The highest BCUT2D eigenvalue weighted by Gasteiger charge is 2.34. The van der Waals surface area contributed by atoms with Gasteiger partial charge in [0.15, 0.2) is 0 Å². The second-order valence-corrected chi connectivity index (χ2v) is 6.82. The number of nitrogens with one attached hydrogen (secondary N) is 1. The van der Waals surface area contributed by atoms with Gasteiger partial charge in [-0.25, -0.2) is 0 Å². The smallest absolute Gasteiger partial charge is 0.274 e. The number of nitro groups is 1. The zero-order chi connectivity index (χ0) is 16.4. The van der Waals surface area contributed by atoms with Crippen LogP contribution in [0.1, 0.15) is 37.7 Å². The van der Waals surface area contributed by atoms with Gasteiger partial charge in [-0.1, -0.05) is 18.2 Å². The van der Waals surface area contributed by atoms with Gasteiger partial charge >= 0.3 is 0 Å². The summed E-state index contributed by atoms with van der Waals surface area (Å²) < 4.78 is 0. The molecule has 1 aromatic carbocycles. The Bertz CT molecular complexity index is 593. The summed E-state index contributed by atoms with van der Waals surface area (Å²) in [6.07, 6.45) is 5.14. The molecule has 0 saturated carbocycles. The molecular weight excluding hydrogens is 294 g/mol. The van der Waals surface area contributed by atoms with Crippen LogP contribution in [-0.2, 0) is 11.3 Å². The molecule has 2 heterocycles. The van der Waals surface area contributed by atoms with E-state index >= 15 is 0 Å². The lowest BCUT2D eigenvalue weighted by Gasteiger charge is -2.30. The van der Waals surface area contributed by atoms with E-state index in [4.69, 9.17) is 0 Å². The highest BCUT2D eigenvalue weighted by atomic mass is 16.6. The van der Waals surface area contributed by atoms with Crippen LogP contribution in [0, 0.1) is 16.0 Å².